The molecule has 0 fully saturated rings. The molecule has 2 aliphatic carbocycles. The first-order valence-electron chi connectivity index (χ1n) is 6.24. The molecule has 0 bridgehead atoms. The molecule has 2 nitrogen and oxygen atoms in total. The Morgan fingerprint density at radius 3 is 2.89 bits per heavy atom. The van der Waals surface area contributed by atoms with Gasteiger partial charge in [-0.25, -0.2) is 0 Å². The Hall–Kier alpha value is -2.09. The fourth-order valence-corrected chi connectivity index (χ4v) is 2.72. The third kappa shape index (κ3) is 1.70. The summed E-state index contributed by atoms with van der Waals surface area (Å²) < 4.78 is 0. The zero-order chi connectivity index (χ0) is 12.5. The summed E-state index contributed by atoms with van der Waals surface area (Å²) in [4.78, 5) is 11.6. The molecule has 2 N–H and O–H groups in total. The van der Waals surface area contributed by atoms with Crippen molar-refractivity contribution in [3.8, 4) is 0 Å². The van der Waals surface area contributed by atoms with Crippen molar-refractivity contribution in [1.29, 1.82) is 0 Å². The second kappa shape index (κ2) is 4.30. The highest BCUT2D eigenvalue weighted by Crippen LogP contribution is 2.37. The van der Waals surface area contributed by atoms with Crippen LogP contribution in [-0.4, -0.2) is 5.91 Å². The Bertz CT molecular complexity index is 593. The van der Waals surface area contributed by atoms with Crippen LogP contribution in [0.25, 0.3) is 5.57 Å². The van der Waals surface area contributed by atoms with Crippen molar-refractivity contribution in [1.82, 2.24) is 0 Å². The monoisotopic (exact) mass is 237 g/mol. The number of fused-ring (bicyclic) bond motifs is 2. The maximum Gasteiger partial charge on any atom is 0.228 e. The Labute approximate surface area is 107 Å². The van der Waals surface area contributed by atoms with Crippen LogP contribution in [0.1, 0.15) is 29.9 Å². The minimum absolute atomic E-state index is 0.289. The quantitative estimate of drug-likeness (QED) is 0.801. The van der Waals surface area contributed by atoms with E-state index in [4.69, 9.17) is 5.73 Å². The van der Waals surface area contributed by atoms with Crippen molar-refractivity contribution in [3.05, 3.63) is 65.3 Å². The predicted octanol–water partition coefficient (Wildman–Crippen LogP) is 2.93. The SMILES string of the molecule is NC(=O)C1C=CC2=C(CCC=C2)c2ccccc21. The highest BCUT2D eigenvalue weighted by Gasteiger charge is 2.23. The molecule has 2 aliphatic rings. The van der Waals surface area contributed by atoms with Crippen molar-refractivity contribution < 1.29 is 4.79 Å². The summed E-state index contributed by atoms with van der Waals surface area (Å²) in [7, 11) is 0. The summed E-state index contributed by atoms with van der Waals surface area (Å²) in [6.07, 6.45) is 10.3. The molecule has 1 aromatic carbocycles. The number of benzene rings is 1. The van der Waals surface area contributed by atoms with Gasteiger partial charge in [-0.3, -0.25) is 4.79 Å². The van der Waals surface area contributed by atoms with E-state index < -0.39 is 0 Å². The van der Waals surface area contributed by atoms with Gasteiger partial charge >= 0.3 is 0 Å². The van der Waals surface area contributed by atoms with Crippen LogP contribution < -0.4 is 5.73 Å². The fraction of sp³-hybridized carbons (Fsp3) is 0.188. The van der Waals surface area contributed by atoms with Crippen LogP contribution in [-0.2, 0) is 4.79 Å². The second-order valence-electron chi connectivity index (χ2n) is 4.70. The smallest absolute Gasteiger partial charge is 0.228 e. The van der Waals surface area contributed by atoms with E-state index in [0.717, 1.165) is 18.4 Å². The van der Waals surface area contributed by atoms with Crippen LogP contribution in [0.3, 0.4) is 0 Å². The van der Waals surface area contributed by atoms with Gasteiger partial charge in [0.2, 0.25) is 5.91 Å². The molecule has 0 spiro atoms. The fourth-order valence-electron chi connectivity index (χ4n) is 2.72. The first-order chi connectivity index (χ1) is 8.77. The van der Waals surface area contributed by atoms with Crippen LogP contribution in [0, 0.1) is 0 Å². The molecule has 3 rings (SSSR count). The first kappa shape index (κ1) is 11.0. The van der Waals surface area contributed by atoms with Gasteiger partial charge in [0, 0.05) is 0 Å². The number of carbonyl (C=O) groups excluding carboxylic acids is 1. The van der Waals surface area contributed by atoms with Gasteiger partial charge < -0.3 is 5.73 Å². The van der Waals surface area contributed by atoms with E-state index in [1.165, 1.54) is 16.7 Å². The summed E-state index contributed by atoms with van der Waals surface area (Å²) in [6, 6.07) is 8.08. The zero-order valence-electron chi connectivity index (χ0n) is 10.1. The number of nitrogens with two attached hydrogens (primary N) is 1. The van der Waals surface area contributed by atoms with Gasteiger partial charge in [0.05, 0.1) is 5.92 Å². The average molecular weight is 237 g/mol. The molecule has 2 heteroatoms. The molecule has 1 aromatic rings. The summed E-state index contributed by atoms with van der Waals surface area (Å²) >= 11 is 0. The number of hydrogen-bond acceptors (Lipinski definition) is 1. The number of allylic oxidation sites excluding steroid dienone is 5. The van der Waals surface area contributed by atoms with E-state index in [2.05, 4.69) is 18.2 Å². The van der Waals surface area contributed by atoms with Crippen molar-refractivity contribution >= 4 is 11.5 Å². The van der Waals surface area contributed by atoms with Crippen molar-refractivity contribution in [2.45, 2.75) is 18.8 Å². The van der Waals surface area contributed by atoms with Gasteiger partial charge in [0.25, 0.3) is 0 Å². The average Bonchev–Trinajstić information content (AvgIpc) is 2.56. The van der Waals surface area contributed by atoms with Gasteiger partial charge in [-0.15, -0.1) is 0 Å². The Morgan fingerprint density at radius 1 is 1.22 bits per heavy atom. The molecule has 1 atom stereocenters. The van der Waals surface area contributed by atoms with Gasteiger partial charge in [-0.2, -0.15) is 0 Å². The summed E-state index contributed by atoms with van der Waals surface area (Å²) in [5.74, 6) is -0.609. The minimum atomic E-state index is -0.319. The van der Waals surface area contributed by atoms with Crippen molar-refractivity contribution in [2.24, 2.45) is 5.73 Å². The molecule has 18 heavy (non-hydrogen) atoms. The first-order valence-corrected chi connectivity index (χ1v) is 6.24. The number of amides is 1. The molecule has 1 amide bonds. The van der Waals surface area contributed by atoms with Gasteiger partial charge in [0.15, 0.2) is 0 Å². The topological polar surface area (TPSA) is 43.1 Å². The van der Waals surface area contributed by atoms with E-state index in [1.54, 1.807) is 0 Å². The molecular formula is C16H15NO. The van der Waals surface area contributed by atoms with E-state index in [1.807, 2.05) is 30.4 Å². The largest absolute Gasteiger partial charge is 0.369 e. The highest BCUT2D eigenvalue weighted by molar-refractivity contribution is 5.89. The molecule has 1 unspecified atom stereocenters. The third-order valence-corrected chi connectivity index (χ3v) is 3.60. The molecule has 0 saturated carbocycles. The third-order valence-electron chi connectivity index (χ3n) is 3.60. The predicted molar refractivity (Wildman–Crippen MR) is 72.8 cm³/mol. The van der Waals surface area contributed by atoms with Crippen LogP contribution >= 0.6 is 0 Å². The number of rotatable bonds is 1. The van der Waals surface area contributed by atoms with E-state index >= 15 is 0 Å². The van der Waals surface area contributed by atoms with Crippen molar-refractivity contribution in [2.75, 3.05) is 0 Å². The molecule has 0 aliphatic heterocycles. The maximum absolute atomic E-state index is 11.6. The maximum atomic E-state index is 11.6. The number of primary amides is 1. The van der Waals surface area contributed by atoms with Gasteiger partial charge in [0.1, 0.15) is 0 Å². The van der Waals surface area contributed by atoms with E-state index in [-0.39, 0.29) is 11.8 Å². The Morgan fingerprint density at radius 2 is 2.06 bits per heavy atom. The molecule has 0 aromatic heterocycles. The van der Waals surface area contributed by atoms with Crippen molar-refractivity contribution in [3.63, 3.8) is 0 Å². The number of carbonyl (C=O) groups is 1. The lowest BCUT2D eigenvalue weighted by Crippen LogP contribution is -2.20. The van der Waals surface area contributed by atoms with Gasteiger partial charge in [-0.05, 0) is 35.1 Å². The Balaban J connectivity index is 2.23. The number of hydrogen-bond donors (Lipinski definition) is 1. The summed E-state index contributed by atoms with van der Waals surface area (Å²) in [5, 5.41) is 0. The lowest BCUT2D eigenvalue weighted by atomic mass is 9.87. The van der Waals surface area contributed by atoms with Gasteiger partial charge in [-0.1, -0.05) is 48.6 Å². The van der Waals surface area contributed by atoms with E-state index in [9.17, 15) is 4.79 Å². The molecular weight excluding hydrogens is 222 g/mol. The summed E-state index contributed by atoms with van der Waals surface area (Å²) in [5.41, 5.74) is 10.2. The highest BCUT2D eigenvalue weighted by atomic mass is 16.1. The van der Waals surface area contributed by atoms with Crippen LogP contribution in [0.4, 0.5) is 0 Å². The van der Waals surface area contributed by atoms with Crippen LogP contribution in [0.15, 0.2) is 54.1 Å². The molecule has 0 saturated heterocycles. The lowest BCUT2D eigenvalue weighted by molar-refractivity contribution is -0.118. The zero-order valence-corrected chi connectivity index (χ0v) is 10.1. The molecule has 90 valence electrons. The molecule has 0 radical (unpaired) electrons. The standard InChI is InChI=1S/C16H15NO/c17-16(18)15-10-9-11-5-1-2-6-12(11)13-7-3-4-8-14(13)15/h1,3-5,7-10,15H,2,6H2,(H2,17,18). The van der Waals surface area contributed by atoms with E-state index in [0.29, 0.717) is 0 Å². The Kier molecular flexibility index (Phi) is 2.63. The normalized spacial score (nSPS) is 21.2. The summed E-state index contributed by atoms with van der Waals surface area (Å²) in [6.45, 7) is 0. The lowest BCUT2D eigenvalue weighted by Gasteiger charge is -2.17. The van der Waals surface area contributed by atoms with Crippen LogP contribution in [0.5, 0.6) is 0 Å². The molecule has 0 heterocycles. The van der Waals surface area contributed by atoms with Crippen LogP contribution in [0.2, 0.25) is 0 Å². The minimum Gasteiger partial charge on any atom is -0.369 e. The second-order valence-corrected chi connectivity index (χ2v) is 4.70.